The first-order chi connectivity index (χ1) is 4.65. The topological polar surface area (TPSA) is 46.2 Å². The molecule has 9 heteroatoms. The molecule has 0 atom stereocenters. The van der Waals surface area contributed by atoms with E-state index in [2.05, 4.69) is 0 Å². The van der Waals surface area contributed by atoms with Gasteiger partial charge in [0.25, 0.3) is 10.0 Å². The molecule has 0 aliphatic heterocycles. The van der Waals surface area contributed by atoms with Crippen molar-refractivity contribution >= 4 is 10.0 Å². The van der Waals surface area contributed by atoms with Gasteiger partial charge in [-0.2, -0.15) is 22.0 Å². The molecule has 0 aromatic rings. The summed E-state index contributed by atoms with van der Waals surface area (Å²) in [4.78, 5) is 0. The largest absolute Gasteiger partial charge is 0.470 e. The molecule has 0 amide bonds. The Bertz CT molecular complexity index is 217. The second kappa shape index (κ2) is 2.89. The molecule has 0 saturated carbocycles. The maximum Gasteiger partial charge on any atom is 0.470 e. The summed E-state index contributed by atoms with van der Waals surface area (Å²) in [5.41, 5.74) is 0. The minimum absolute atomic E-state index is 0.183. The second-order valence-corrected chi connectivity index (χ2v) is 3.06. The Hall–Kier alpha value is -0.440. The van der Waals surface area contributed by atoms with Gasteiger partial charge in [-0.25, -0.2) is 8.42 Å². The summed E-state index contributed by atoms with van der Waals surface area (Å²) in [6.07, 6.45) is -5.35. The van der Waals surface area contributed by atoms with E-state index in [1.165, 1.54) is 0 Å². The lowest BCUT2D eigenvalue weighted by molar-refractivity contribution is -0.138. The van der Waals surface area contributed by atoms with Crippen LogP contribution in [0, 0.1) is 0 Å². The van der Waals surface area contributed by atoms with Crippen LogP contribution in [0.15, 0.2) is 0 Å². The Balaban J connectivity index is 4.40. The quantitative estimate of drug-likeness (QED) is 0.524. The van der Waals surface area contributed by atoms with Gasteiger partial charge in [0.15, 0.2) is 0 Å². The van der Waals surface area contributed by atoms with E-state index in [0.29, 0.717) is 0 Å². The smallest absolute Gasteiger partial charge is 0.206 e. The van der Waals surface area contributed by atoms with Crippen LogP contribution >= 0.6 is 0 Å². The molecule has 0 fully saturated rings. The van der Waals surface area contributed by atoms with Crippen LogP contribution in [0.5, 0.6) is 0 Å². The predicted octanol–water partition coefficient (Wildman–Crippen LogP) is 0.648. The highest BCUT2D eigenvalue weighted by molar-refractivity contribution is 7.89. The van der Waals surface area contributed by atoms with E-state index < -0.39 is 22.1 Å². The van der Waals surface area contributed by atoms with Gasteiger partial charge < -0.3 is 0 Å². The first kappa shape index (κ1) is 10.6. The molecule has 0 aliphatic carbocycles. The molecule has 0 saturated heterocycles. The molecule has 0 unspecified atom stereocenters. The lowest BCUT2D eigenvalue weighted by Crippen LogP contribution is -2.40. The van der Waals surface area contributed by atoms with Crippen LogP contribution in [0.1, 0.15) is 0 Å². The van der Waals surface area contributed by atoms with E-state index in [0.717, 1.165) is 0 Å². The van der Waals surface area contributed by atoms with Gasteiger partial charge in [0, 0.05) is 0 Å². The van der Waals surface area contributed by atoms with Crippen LogP contribution in [-0.4, -0.2) is 20.5 Å². The summed E-state index contributed by atoms with van der Waals surface area (Å²) in [6, 6.07) is 0. The van der Waals surface area contributed by atoms with Crippen molar-refractivity contribution in [2.45, 2.75) is 12.1 Å². The molecule has 0 aliphatic rings. The van der Waals surface area contributed by atoms with Crippen LogP contribution in [0.4, 0.5) is 22.0 Å². The van der Waals surface area contributed by atoms with Gasteiger partial charge in [-0.3, -0.25) is 0 Å². The summed E-state index contributed by atoms with van der Waals surface area (Å²) in [5, 5.41) is 0. The maximum absolute atomic E-state index is 11.2. The number of hydrogen-bond acceptors (Lipinski definition) is 2. The van der Waals surface area contributed by atoms with Gasteiger partial charge in [0.2, 0.25) is 0 Å². The first-order valence-corrected chi connectivity index (χ1v) is 3.57. The van der Waals surface area contributed by atoms with Crippen LogP contribution in [-0.2, 0) is 10.0 Å². The summed E-state index contributed by atoms with van der Waals surface area (Å²) >= 11 is 0. The van der Waals surface area contributed by atoms with Crippen molar-refractivity contribution in [2.75, 3.05) is 0 Å². The van der Waals surface area contributed by atoms with Crippen molar-refractivity contribution in [1.82, 2.24) is 4.72 Å². The van der Waals surface area contributed by atoms with Crippen LogP contribution in [0.3, 0.4) is 0 Å². The highest BCUT2D eigenvalue weighted by Crippen LogP contribution is 2.14. The number of halogens is 5. The molecule has 0 aromatic heterocycles. The number of rotatable bonds is 2. The van der Waals surface area contributed by atoms with Gasteiger partial charge in [0.05, 0.1) is 0 Å². The lowest BCUT2D eigenvalue weighted by atomic mass is 11.3. The fraction of sp³-hybridized carbons (Fsp3) is 1.00. The number of nitrogens with one attached hydrogen (secondary N) is 1. The van der Waals surface area contributed by atoms with Crippen molar-refractivity contribution in [3.8, 4) is 0 Å². The third-order valence-corrected chi connectivity index (χ3v) is 1.48. The van der Waals surface area contributed by atoms with Crippen molar-refractivity contribution < 1.29 is 30.4 Å². The van der Waals surface area contributed by atoms with Crippen molar-refractivity contribution in [3.63, 3.8) is 0 Å². The molecule has 0 bridgehead atoms. The zero-order valence-corrected chi connectivity index (χ0v) is 5.51. The third-order valence-electron chi connectivity index (χ3n) is 0.493. The zero-order valence-electron chi connectivity index (χ0n) is 4.69. The molecular formula is C2H2F5NO2S. The Morgan fingerprint density at radius 1 is 1.18 bits per heavy atom. The standard InChI is InChI=1S/C2H2F5NO2S/c3-1(4)11(9,10)8-2(5,6)7/h1,8H. The van der Waals surface area contributed by atoms with Gasteiger partial charge in [-0.1, -0.05) is 0 Å². The van der Waals surface area contributed by atoms with Gasteiger partial charge >= 0.3 is 12.1 Å². The third kappa shape index (κ3) is 4.09. The van der Waals surface area contributed by atoms with E-state index >= 15 is 0 Å². The van der Waals surface area contributed by atoms with Crippen LogP contribution in [0.2, 0.25) is 0 Å². The van der Waals surface area contributed by atoms with E-state index in [1.807, 2.05) is 0 Å². The monoisotopic (exact) mass is 199 g/mol. The molecule has 0 rings (SSSR count). The minimum Gasteiger partial charge on any atom is -0.206 e. The molecule has 0 radical (unpaired) electrons. The number of sulfonamides is 1. The average Bonchev–Trinajstić information content (AvgIpc) is 1.56. The normalized spacial score (nSPS) is 14.0. The fourth-order valence-corrected chi connectivity index (χ4v) is 0.618. The molecule has 68 valence electrons. The molecule has 0 aromatic carbocycles. The van der Waals surface area contributed by atoms with Crippen LogP contribution in [0.25, 0.3) is 0 Å². The number of alkyl halides is 5. The molecule has 3 nitrogen and oxygen atoms in total. The number of hydrogen-bond donors (Lipinski definition) is 1. The SMILES string of the molecule is O=S(=O)(NC(F)(F)F)C(F)F. The molecular weight excluding hydrogens is 197 g/mol. The average molecular weight is 199 g/mol. The summed E-state index contributed by atoms with van der Waals surface area (Å²) < 4.78 is 75.0. The summed E-state index contributed by atoms with van der Waals surface area (Å²) in [7, 11) is -5.56. The van der Waals surface area contributed by atoms with Gasteiger partial charge in [-0.05, 0) is 0 Å². The highest BCUT2D eigenvalue weighted by Gasteiger charge is 2.38. The fourth-order valence-electron chi connectivity index (χ4n) is 0.206. The van der Waals surface area contributed by atoms with Crippen molar-refractivity contribution in [1.29, 1.82) is 0 Å². The highest BCUT2D eigenvalue weighted by atomic mass is 32.2. The van der Waals surface area contributed by atoms with Gasteiger partial charge in [-0.15, -0.1) is 4.72 Å². The van der Waals surface area contributed by atoms with E-state index in [1.54, 1.807) is 0 Å². The second-order valence-electron chi connectivity index (χ2n) is 1.41. The minimum atomic E-state index is -5.56. The first-order valence-electron chi connectivity index (χ1n) is 2.03. The maximum atomic E-state index is 11.2. The van der Waals surface area contributed by atoms with Crippen molar-refractivity contribution in [3.05, 3.63) is 0 Å². The Morgan fingerprint density at radius 3 is 1.64 bits per heavy atom. The Labute approximate surface area is 58.2 Å². The summed E-state index contributed by atoms with van der Waals surface area (Å²) in [5.74, 6) is -4.08. The predicted molar refractivity (Wildman–Crippen MR) is 24.1 cm³/mol. The van der Waals surface area contributed by atoms with Crippen LogP contribution < -0.4 is 4.72 Å². The van der Waals surface area contributed by atoms with E-state index in [-0.39, 0.29) is 4.72 Å². The van der Waals surface area contributed by atoms with Gasteiger partial charge in [0.1, 0.15) is 0 Å². The molecule has 1 N–H and O–H groups in total. The zero-order chi connectivity index (χ0) is 9.28. The molecule has 0 heterocycles. The lowest BCUT2D eigenvalue weighted by Gasteiger charge is -2.07. The molecule has 0 spiro atoms. The van der Waals surface area contributed by atoms with Crippen molar-refractivity contribution in [2.24, 2.45) is 0 Å². The van der Waals surface area contributed by atoms with E-state index in [9.17, 15) is 30.4 Å². The Morgan fingerprint density at radius 2 is 1.55 bits per heavy atom. The Kier molecular flexibility index (Phi) is 2.78. The molecule has 11 heavy (non-hydrogen) atoms. The van der Waals surface area contributed by atoms with E-state index in [4.69, 9.17) is 0 Å². The summed E-state index contributed by atoms with van der Waals surface area (Å²) in [6.45, 7) is 0.